The Labute approximate surface area is 185 Å². The van der Waals surface area contributed by atoms with E-state index in [2.05, 4.69) is 29.1 Å². The molecule has 8 nitrogen and oxygen atoms in total. The Morgan fingerprint density at radius 1 is 1.26 bits per heavy atom. The maximum absolute atomic E-state index is 13.0. The number of hydrogen-bond acceptors (Lipinski definition) is 6. The molecule has 0 bridgehead atoms. The third kappa shape index (κ3) is 5.41. The van der Waals surface area contributed by atoms with Gasteiger partial charge in [-0.1, -0.05) is 25.6 Å². The molecule has 0 unspecified atom stereocenters. The van der Waals surface area contributed by atoms with Gasteiger partial charge in [0.25, 0.3) is 5.56 Å². The first kappa shape index (κ1) is 22.7. The molecule has 0 aliphatic heterocycles. The van der Waals surface area contributed by atoms with Gasteiger partial charge in [-0.3, -0.25) is 14.2 Å². The van der Waals surface area contributed by atoms with E-state index in [1.807, 2.05) is 13.0 Å². The summed E-state index contributed by atoms with van der Waals surface area (Å²) >= 11 is 1.25. The minimum Gasteiger partial charge on any atom is -0.497 e. The predicted molar refractivity (Wildman–Crippen MR) is 123 cm³/mol. The van der Waals surface area contributed by atoms with Crippen molar-refractivity contribution in [3.8, 4) is 11.5 Å². The first-order valence-electron chi connectivity index (χ1n) is 10.1. The molecular weight excluding hydrogens is 416 g/mol. The molecule has 1 amide bonds. The van der Waals surface area contributed by atoms with Crippen LogP contribution in [0.25, 0.3) is 11.0 Å². The first-order chi connectivity index (χ1) is 14.8. The summed E-state index contributed by atoms with van der Waals surface area (Å²) in [7, 11) is 3.10. The fourth-order valence-corrected chi connectivity index (χ4v) is 3.95. The lowest BCUT2D eigenvalue weighted by Crippen LogP contribution is -2.25. The molecule has 31 heavy (non-hydrogen) atoms. The maximum Gasteiger partial charge on any atom is 0.278 e. The number of H-pyrrole nitrogens is 1. The fraction of sp³-hybridized carbons (Fsp3) is 0.409. The summed E-state index contributed by atoms with van der Waals surface area (Å²) in [6.45, 7) is 6.66. The van der Waals surface area contributed by atoms with Crippen LogP contribution >= 0.6 is 11.8 Å². The van der Waals surface area contributed by atoms with Crippen LogP contribution < -0.4 is 20.3 Å². The number of thioether (sulfide) groups is 1. The van der Waals surface area contributed by atoms with Gasteiger partial charge < -0.3 is 19.8 Å². The lowest BCUT2D eigenvalue weighted by atomic mass is 10.1. The molecule has 1 aromatic carbocycles. The van der Waals surface area contributed by atoms with Crippen molar-refractivity contribution in [1.29, 1.82) is 0 Å². The van der Waals surface area contributed by atoms with E-state index in [-0.39, 0.29) is 17.2 Å². The highest BCUT2D eigenvalue weighted by Crippen LogP contribution is 2.29. The number of amides is 1. The lowest BCUT2D eigenvalue weighted by Gasteiger charge is -2.14. The van der Waals surface area contributed by atoms with Crippen LogP contribution in [0, 0.1) is 12.8 Å². The van der Waals surface area contributed by atoms with E-state index in [0.717, 1.165) is 12.1 Å². The monoisotopic (exact) mass is 444 g/mol. The number of ether oxygens (including phenoxy) is 2. The van der Waals surface area contributed by atoms with E-state index in [1.54, 1.807) is 29.9 Å². The second-order valence-electron chi connectivity index (χ2n) is 7.65. The number of fused-ring (bicyclic) bond motifs is 1. The summed E-state index contributed by atoms with van der Waals surface area (Å²) in [5.74, 6) is 1.48. The van der Waals surface area contributed by atoms with E-state index < -0.39 is 0 Å². The molecule has 9 heteroatoms. The van der Waals surface area contributed by atoms with Crippen LogP contribution in [0.15, 0.2) is 34.2 Å². The van der Waals surface area contributed by atoms with E-state index in [9.17, 15) is 9.59 Å². The summed E-state index contributed by atoms with van der Waals surface area (Å²) in [6, 6.07) is 7.02. The van der Waals surface area contributed by atoms with Crippen molar-refractivity contribution >= 4 is 34.4 Å². The predicted octanol–water partition coefficient (Wildman–Crippen LogP) is 3.83. The minimum absolute atomic E-state index is 0.109. The SMILES string of the molecule is COc1ccc(NC(=O)CSc2nc3cc(C)[nH]c3c(=O)n2CCC(C)C)c(OC)c1. The van der Waals surface area contributed by atoms with Crippen LogP contribution in [0.5, 0.6) is 11.5 Å². The molecule has 0 saturated carbocycles. The lowest BCUT2D eigenvalue weighted by molar-refractivity contribution is -0.113. The number of nitrogens with one attached hydrogen (secondary N) is 2. The highest BCUT2D eigenvalue weighted by molar-refractivity contribution is 7.99. The number of hydrogen-bond donors (Lipinski definition) is 2. The Balaban J connectivity index is 1.80. The number of nitrogens with zero attached hydrogens (tertiary/aromatic N) is 2. The summed E-state index contributed by atoms with van der Waals surface area (Å²) in [6.07, 6.45) is 0.843. The van der Waals surface area contributed by atoms with E-state index in [4.69, 9.17) is 9.47 Å². The largest absolute Gasteiger partial charge is 0.497 e. The molecule has 0 spiro atoms. The highest BCUT2D eigenvalue weighted by Gasteiger charge is 2.16. The maximum atomic E-state index is 13.0. The van der Waals surface area contributed by atoms with Gasteiger partial charge in [0.1, 0.15) is 17.0 Å². The van der Waals surface area contributed by atoms with Crippen LogP contribution in [0.4, 0.5) is 5.69 Å². The van der Waals surface area contributed by atoms with E-state index in [1.165, 1.54) is 18.9 Å². The fourth-order valence-electron chi connectivity index (χ4n) is 3.12. The van der Waals surface area contributed by atoms with Crippen LogP contribution in [0.2, 0.25) is 0 Å². The summed E-state index contributed by atoms with van der Waals surface area (Å²) in [4.78, 5) is 33.3. The van der Waals surface area contributed by atoms with E-state index >= 15 is 0 Å². The topological polar surface area (TPSA) is 98.2 Å². The second-order valence-corrected chi connectivity index (χ2v) is 8.59. The van der Waals surface area contributed by atoms with Gasteiger partial charge in [0.05, 0.1) is 31.2 Å². The summed E-state index contributed by atoms with van der Waals surface area (Å²) < 4.78 is 12.2. The molecule has 0 atom stereocenters. The van der Waals surface area contributed by atoms with Gasteiger partial charge in [0, 0.05) is 18.3 Å². The number of rotatable bonds is 9. The average Bonchev–Trinajstić information content (AvgIpc) is 3.12. The normalized spacial score (nSPS) is 11.2. The Morgan fingerprint density at radius 3 is 2.71 bits per heavy atom. The molecule has 0 fully saturated rings. The molecule has 2 heterocycles. The molecule has 3 rings (SSSR count). The highest BCUT2D eigenvalue weighted by atomic mass is 32.2. The number of benzene rings is 1. The third-order valence-electron chi connectivity index (χ3n) is 4.78. The van der Waals surface area contributed by atoms with E-state index in [0.29, 0.717) is 45.8 Å². The Morgan fingerprint density at radius 2 is 2.03 bits per heavy atom. The number of carbonyl (C=O) groups is 1. The van der Waals surface area contributed by atoms with Gasteiger partial charge >= 0.3 is 0 Å². The van der Waals surface area contributed by atoms with Crippen molar-refractivity contribution in [2.45, 2.75) is 38.9 Å². The number of aromatic amines is 1. The quantitative estimate of drug-likeness (QED) is 0.385. The molecule has 0 aliphatic carbocycles. The van der Waals surface area contributed by atoms with Crippen LogP contribution in [-0.2, 0) is 11.3 Å². The van der Waals surface area contributed by atoms with Crippen LogP contribution in [0.1, 0.15) is 26.0 Å². The van der Waals surface area contributed by atoms with Crippen LogP contribution in [-0.4, -0.2) is 40.4 Å². The molecule has 2 N–H and O–H groups in total. The van der Waals surface area contributed by atoms with Crippen molar-refractivity contribution in [2.24, 2.45) is 5.92 Å². The second kappa shape index (κ2) is 9.91. The Bertz CT molecular complexity index is 1140. The molecular formula is C22H28N4O4S. The van der Waals surface area contributed by atoms with Crippen molar-refractivity contribution in [2.75, 3.05) is 25.3 Å². The first-order valence-corrected chi connectivity index (χ1v) is 11.1. The van der Waals surface area contributed by atoms with Gasteiger partial charge in [0.2, 0.25) is 5.91 Å². The van der Waals surface area contributed by atoms with Gasteiger partial charge in [-0.25, -0.2) is 4.98 Å². The average molecular weight is 445 g/mol. The van der Waals surface area contributed by atoms with Crippen molar-refractivity contribution in [1.82, 2.24) is 14.5 Å². The molecule has 2 aromatic heterocycles. The number of carbonyl (C=O) groups excluding carboxylic acids is 1. The molecule has 3 aromatic rings. The minimum atomic E-state index is -0.219. The van der Waals surface area contributed by atoms with Crippen molar-refractivity contribution in [3.05, 3.63) is 40.3 Å². The zero-order valence-corrected chi connectivity index (χ0v) is 19.3. The van der Waals surface area contributed by atoms with Gasteiger partial charge in [-0.15, -0.1) is 0 Å². The number of methoxy groups -OCH3 is 2. The smallest absolute Gasteiger partial charge is 0.278 e. The van der Waals surface area contributed by atoms with Gasteiger partial charge in [-0.05, 0) is 37.5 Å². The zero-order valence-electron chi connectivity index (χ0n) is 18.4. The molecule has 166 valence electrons. The number of aromatic nitrogens is 3. The Hall–Kier alpha value is -2.94. The summed E-state index contributed by atoms with van der Waals surface area (Å²) in [5.41, 5.74) is 2.43. The third-order valence-corrected chi connectivity index (χ3v) is 5.76. The molecule has 0 radical (unpaired) electrons. The summed E-state index contributed by atoms with van der Waals surface area (Å²) in [5, 5.41) is 3.38. The molecule has 0 aliphatic rings. The number of aryl methyl sites for hydroxylation is 1. The van der Waals surface area contributed by atoms with Crippen molar-refractivity contribution in [3.63, 3.8) is 0 Å². The number of anilines is 1. The van der Waals surface area contributed by atoms with Gasteiger partial charge in [-0.2, -0.15) is 0 Å². The van der Waals surface area contributed by atoms with Crippen LogP contribution in [0.3, 0.4) is 0 Å². The molecule has 0 saturated heterocycles. The zero-order chi connectivity index (χ0) is 22.5. The Kier molecular flexibility index (Phi) is 7.27. The van der Waals surface area contributed by atoms with Gasteiger partial charge in [0.15, 0.2) is 5.16 Å². The standard InChI is InChI=1S/C22H28N4O4S/c1-13(2)8-9-26-21(28)20-17(10-14(3)23-20)25-22(26)31-12-19(27)24-16-7-6-15(29-4)11-18(16)30-5/h6-7,10-11,13,23H,8-9,12H2,1-5H3,(H,24,27). The van der Waals surface area contributed by atoms with Crippen molar-refractivity contribution < 1.29 is 14.3 Å².